The van der Waals surface area contributed by atoms with Gasteiger partial charge in [-0.2, -0.15) is 0 Å². The second-order valence-electron chi connectivity index (χ2n) is 15.0. The van der Waals surface area contributed by atoms with E-state index in [9.17, 15) is 0 Å². The number of hydrogen-bond donors (Lipinski definition) is 0. The van der Waals surface area contributed by atoms with Gasteiger partial charge in [-0.25, -0.2) is 9.98 Å². The quantitative estimate of drug-likeness (QED) is 0.176. The molecule has 1 unspecified atom stereocenters. The average Bonchev–Trinajstić information content (AvgIpc) is 3.94. The van der Waals surface area contributed by atoms with Gasteiger partial charge in [0.2, 0.25) is 0 Å². The van der Waals surface area contributed by atoms with Gasteiger partial charge in [-0.1, -0.05) is 127 Å². The molecule has 0 saturated carbocycles. The Balaban J connectivity index is 1.14. The van der Waals surface area contributed by atoms with E-state index in [4.69, 9.17) is 14.4 Å². The molecule has 0 radical (unpaired) electrons. The monoisotopic (exact) mass is 745 g/mol. The molecular formula is C52H35N5O. The lowest BCUT2D eigenvalue weighted by Crippen LogP contribution is -2.35. The van der Waals surface area contributed by atoms with Crippen molar-refractivity contribution in [3.8, 4) is 11.4 Å². The lowest BCUT2D eigenvalue weighted by atomic mass is 10.0. The van der Waals surface area contributed by atoms with Crippen LogP contribution in [0.1, 0.15) is 22.9 Å². The largest absolute Gasteiger partial charge is 0.456 e. The van der Waals surface area contributed by atoms with Crippen LogP contribution < -0.4 is 0 Å². The number of furan rings is 1. The first-order chi connectivity index (χ1) is 28.7. The zero-order valence-electron chi connectivity index (χ0n) is 31.6. The average molecular weight is 746 g/mol. The van der Waals surface area contributed by atoms with Crippen LogP contribution in [-0.2, 0) is 0 Å². The van der Waals surface area contributed by atoms with Crippen molar-refractivity contribution < 1.29 is 4.42 Å². The topological polar surface area (TPSA) is 51.0 Å². The molecule has 0 aliphatic carbocycles. The molecule has 1 aliphatic rings. The highest BCUT2D eigenvalue weighted by atomic mass is 16.3. The number of nitrogens with zero attached hydrogens (tertiary/aromatic N) is 5. The molecule has 0 spiro atoms. The van der Waals surface area contributed by atoms with Gasteiger partial charge in [0.1, 0.15) is 23.2 Å². The minimum absolute atomic E-state index is 0.237. The van der Waals surface area contributed by atoms with Crippen LogP contribution in [0.25, 0.3) is 76.9 Å². The number of rotatable bonds is 5. The van der Waals surface area contributed by atoms with E-state index >= 15 is 0 Å². The van der Waals surface area contributed by atoms with Crippen molar-refractivity contribution >= 4 is 77.2 Å². The first kappa shape index (κ1) is 32.5. The SMILES string of the molecule is CN1C(c2cccc(-n3c4cc5c6ccccc6n(-c6ccccc6)c5cc4c4c5c(ccc43)oc3ccccc35)c2)=NC(c2ccccc2)=NC1c1ccccc1. The van der Waals surface area contributed by atoms with Gasteiger partial charge >= 0.3 is 0 Å². The molecule has 0 amide bonds. The second kappa shape index (κ2) is 12.7. The molecule has 0 N–H and O–H groups in total. The van der Waals surface area contributed by atoms with Crippen molar-refractivity contribution in [1.82, 2.24) is 14.0 Å². The fraction of sp³-hybridized carbons (Fsp3) is 0.0385. The van der Waals surface area contributed by atoms with E-state index < -0.39 is 0 Å². The highest BCUT2D eigenvalue weighted by Gasteiger charge is 2.28. The predicted molar refractivity (Wildman–Crippen MR) is 239 cm³/mol. The third-order valence-corrected chi connectivity index (χ3v) is 11.7. The molecule has 1 atom stereocenters. The van der Waals surface area contributed by atoms with E-state index in [2.05, 4.69) is 179 Å². The first-order valence-corrected chi connectivity index (χ1v) is 19.7. The van der Waals surface area contributed by atoms with Crippen LogP contribution in [0.3, 0.4) is 0 Å². The van der Waals surface area contributed by atoms with Crippen LogP contribution in [0, 0.1) is 0 Å². The van der Waals surface area contributed by atoms with E-state index in [1.165, 1.54) is 27.1 Å². The summed E-state index contributed by atoms with van der Waals surface area (Å²) in [4.78, 5) is 12.7. The van der Waals surface area contributed by atoms with Gasteiger partial charge in [0.15, 0.2) is 5.84 Å². The molecule has 11 aromatic rings. The third-order valence-electron chi connectivity index (χ3n) is 11.7. The minimum atomic E-state index is -0.237. The summed E-state index contributed by atoms with van der Waals surface area (Å²) in [7, 11) is 2.09. The standard InChI is InChI=1S/C52H35N5O/c1-55-51(34-18-7-3-8-19-34)53-50(33-16-5-2-6-17-33)54-52(55)35-20-15-23-37(30-35)57-43-28-29-47-49(39-25-12-14-27-46(39)58-47)48(43)41-32-44-40(31-45(41)57)38-24-11-13-26-42(38)56(44)36-21-9-4-10-22-36/h2-32,51H,1H3. The summed E-state index contributed by atoms with van der Waals surface area (Å²) in [6.45, 7) is 0. The molecule has 6 nitrogen and oxygen atoms in total. The number of amidine groups is 2. The van der Waals surface area contributed by atoms with Gasteiger partial charge in [-0.3, -0.25) is 0 Å². The summed E-state index contributed by atoms with van der Waals surface area (Å²) in [5, 5.41) is 6.99. The molecule has 12 rings (SSSR count). The Morgan fingerprint density at radius 3 is 1.91 bits per heavy atom. The Bertz CT molecular complexity index is 3460. The van der Waals surface area contributed by atoms with E-state index in [-0.39, 0.29) is 6.17 Å². The van der Waals surface area contributed by atoms with E-state index in [0.717, 1.165) is 78.2 Å². The molecule has 8 aromatic carbocycles. The van der Waals surface area contributed by atoms with Crippen LogP contribution in [0.4, 0.5) is 0 Å². The molecule has 58 heavy (non-hydrogen) atoms. The Morgan fingerprint density at radius 1 is 0.448 bits per heavy atom. The summed E-state index contributed by atoms with van der Waals surface area (Å²) < 4.78 is 11.3. The lowest BCUT2D eigenvalue weighted by molar-refractivity contribution is 0.383. The van der Waals surface area contributed by atoms with Gasteiger partial charge < -0.3 is 18.5 Å². The summed E-state index contributed by atoms with van der Waals surface area (Å²) in [6.07, 6.45) is -0.237. The first-order valence-electron chi connectivity index (χ1n) is 19.7. The molecule has 3 aromatic heterocycles. The fourth-order valence-electron chi connectivity index (χ4n) is 9.14. The summed E-state index contributed by atoms with van der Waals surface area (Å²) in [5.41, 5.74) is 11.6. The number of fused-ring (bicyclic) bond motifs is 10. The van der Waals surface area contributed by atoms with Crippen LogP contribution >= 0.6 is 0 Å². The number of aliphatic imine (C=N–C) groups is 2. The summed E-state index contributed by atoms with van der Waals surface area (Å²) >= 11 is 0. The zero-order valence-corrected chi connectivity index (χ0v) is 31.6. The number of benzene rings is 8. The van der Waals surface area contributed by atoms with Gasteiger partial charge in [0.25, 0.3) is 0 Å². The Kier molecular flexibility index (Phi) is 7.10. The summed E-state index contributed by atoms with van der Waals surface area (Å²) in [6, 6.07) is 66.5. The van der Waals surface area contributed by atoms with Crippen LogP contribution in [0.15, 0.2) is 202 Å². The highest BCUT2D eigenvalue weighted by Crippen LogP contribution is 2.44. The number of aromatic nitrogens is 2. The predicted octanol–water partition coefficient (Wildman–Crippen LogP) is 12.6. The minimum Gasteiger partial charge on any atom is -0.456 e. The van der Waals surface area contributed by atoms with E-state index in [1.54, 1.807) is 0 Å². The highest BCUT2D eigenvalue weighted by molar-refractivity contribution is 6.29. The maximum absolute atomic E-state index is 6.51. The van der Waals surface area contributed by atoms with Crippen LogP contribution in [0.5, 0.6) is 0 Å². The van der Waals surface area contributed by atoms with Gasteiger partial charge in [0.05, 0.1) is 22.1 Å². The molecule has 6 heteroatoms. The smallest absolute Gasteiger partial charge is 0.159 e. The Labute approximate surface area is 333 Å². The normalized spacial score (nSPS) is 14.6. The maximum atomic E-state index is 6.51. The molecule has 0 fully saturated rings. The third kappa shape index (κ3) is 4.85. The lowest BCUT2D eigenvalue weighted by Gasteiger charge is -2.32. The fourth-order valence-corrected chi connectivity index (χ4v) is 9.14. The van der Waals surface area contributed by atoms with Crippen molar-refractivity contribution in [2.24, 2.45) is 9.98 Å². The molecule has 0 bridgehead atoms. The van der Waals surface area contributed by atoms with Crippen LogP contribution in [-0.4, -0.2) is 32.8 Å². The zero-order chi connectivity index (χ0) is 38.3. The van der Waals surface area contributed by atoms with Gasteiger partial charge in [-0.05, 0) is 66.2 Å². The van der Waals surface area contributed by atoms with Crippen molar-refractivity contribution in [2.75, 3.05) is 7.05 Å². The second-order valence-corrected chi connectivity index (χ2v) is 15.0. The van der Waals surface area contributed by atoms with Crippen molar-refractivity contribution in [3.63, 3.8) is 0 Å². The molecule has 0 saturated heterocycles. The summed E-state index contributed by atoms with van der Waals surface area (Å²) in [5.74, 6) is 1.58. The van der Waals surface area contributed by atoms with E-state index in [0.29, 0.717) is 0 Å². The molecule has 274 valence electrons. The Morgan fingerprint density at radius 2 is 1.09 bits per heavy atom. The number of hydrogen-bond acceptors (Lipinski definition) is 4. The molecule has 4 heterocycles. The van der Waals surface area contributed by atoms with Gasteiger partial charge in [-0.15, -0.1) is 0 Å². The van der Waals surface area contributed by atoms with E-state index in [1.807, 2.05) is 30.3 Å². The Hall–Kier alpha value is -7.70. The number of para-hydroxylation sites is 3. The maximum Gasteiger partial charge on any atom is 0.159 e. The molecule has 1 aliphatic heterocycles. The molecular weight excluding hydrogens is 711 g/mol. The van der Waals surface area contributed by atoms with Crippen LogP contribution in [0.2, 0.25) is 0 Å². The van der Waals surface area contributed by atoms with Crippen molar-refractivity contribution in [3.05, 3.63) is 205 Å². The van der Waals surface area contributed by atoms with Crippen molar-refractivity contribution in [2.45, 2.75) is 6.17 Å². The van der Waals surface area contributed by atoms with Crippen molar-refractivity contribution in [1.29, 1.82) is 0 Å². The van der Waals surface area contributed by atoms with Gasteiger partial charge in [0, 0.05) is 61.9 Å².